The molecule has 0 saturated carbocycles. The molecule has 9 heteroatoms. The highest BCUT2D eigenvalue weighted by Crippen LogP contribution is 2.33. The summed E-state index contributed by atoms with van der Waals surface area (Å²) in [7, 11) is 0. The molecule has 0 unspecified atom stereocenters. The number of benzene rings is 1. The number of nitrogens with one attached hydrogen (secondary N) is 1. The number of carbonyl (C=O) groups is 1. The first-order valence-electron chi connectivity index (χ1n) is 14.1. The lowest BCUT2D eigenvalue weighted by Crippen LogP contribution is -2.32. The predicted molar refractivity (Wildman–Crippen MR) is 154 cm³/mol. The van der Waals surface area contributed by atoms with Crippen LogP contribution < -0.4 is 15.8 Å². The van der Waals surface area contributed by atoms with Crippen LogP contribution in [0.25, 0.3) is 10.9 Å². The van der Waals surface area contributed by atoms with Gasteiger partial charge in [0.15, 0.2) is 0 Å². The second-order valence-electron chi connectivity index (χ2n) is 10.5. The summed E-state index contributed by atoms with van der Waals surface area (Å²) in [6.07, 6.45) is 12.7. The maximum atomic E-state index is 12.5. The predicted octanol–water partition coefficient (Wildman–Crippen LogP) is 5.55. The van der Waals surface area contributed by atoms with Crippen molar-refractivity contribution in [2.45, 2.75) is 97.1 Å². The van der Waals surface area contributed by atoms with Crippen molar-refractivity contribution in [3.63, 3.8) is 0 Å². The Morgan fingerprint density at radius 2 is 1.79 bits per heavy atom. The summed E-state index contributed by atoms with van der Waals surface area (Å²) in [4.78, 5) is 33.6. The van der Waals surface area contributed by atoms with E-state index < -0.39 is 5.97 Å². The molecule has 1 aromatic carbocycles. The number of anilines is 1. The molecule has 1 aliphatic carbocycles. The van der Waals surface area contributed by atoms with E-state index in [4.69, 9.17) is 10.1 Å². The van der Waals surface area contributed by atoms with Crippen molar-refractivity contribution >= 4 is 34.1 Å². The molecule has 2 N–H and O–H groups in total. The quantitative estimate of drug-likeness (QED) is 0.262. The third-order valence-corrected chi connectivity index (χ3v) is 8.43. The zero-order valence-electron chi connectivity index (χ0n) is 22.7. The first kappa shape index (κ1) is 28.1. The summed E-state index contributed by atoms with van der Waals surface area (Å²) in [6.45, 7) is 5.09. The third kappa shape index (κ3) is 7.12. The molecule has 0 saturated heterocycles. The lowest BCUT2D eigenvalue weighted by Gasteiger charge is -2.21. The molecule has 38 heavy (non-hydrogen) atoms. The smallest absolute Gasteiger partial charge is 0.340 e. The molecule has 0 aliphatic heterocycles. The fourth-order valence-corrected chi connectivity index (χ4v) is 6.13. The number of carboxylic acid groups (broad SMARTS) is 1. The number of nitrogens with zero attached hydrogens (tertiary/aromatic N) is 4. The van der Waals surface area contributed by atoms with E-state index in [0.29, 0.717) is 11.3 Å². The van der Waals surface area contributed by atoms with Crippen LogP contribution in [-0.2, 0) is 24.2 Å². The van der Waals surface area contributed by atoms with Gasteiger partial charge in [-0.05, 0) is 75.5 Å². The number of hydrogen-bond acceptors (Lipinski definition) is 6. The highest BCUT2D eigenvalue weighted by molar-refractivity contribution is 7.03. The molecule has 0 spiro atoms. The number of rotatable bonds is 14. The van der Waals surface area contributed by atoms with Crippen LogP contribution in [0.4, 0.5) is 5.69 Å². The molecule has 2 heterocycles. The van der Waals surface area contributed by atoms with Crippen LogP contribution in [0.15, 0.2) is 34.1 Å². The second kappa shape index (κ2) is 13.7. The molecule has 3 aromatic rings. The number of unbranched alkanes of at least 4 members (excludes halogenated alkanes) is 6. The number of fused-ring (bicyclic) bond motifs is 2. The summed E-state index contributed by atoms with van der Waals surface area (Å²) in [5.41, 5.74) is 4.84. The van der Waals surface area contributed by atoms with E-state index in [1.807, 2.05) is 13.8 Å². The molecule has 0 amide bonds. The van der Waals surface area contributed by atoms with Crippen molar-refractivity contribution in [1.29, 1.82) is 0 Å². The Kier molecular flexibility index (Phi) is 10.1. The minimum atomic E-state index is -1.03. The largest absolute Gasteiger partial charge is 0.480 e. The van der Waals surface area contributed by atoms with Crippen molar-refractivity contribution in [3.8, 4) is 0 Å². The van der Waals surface area contributed by atoms with Gasteiger partial charge in [-0.3, -0.25) is 19.3 Å². The number of aromatic nitrogens is 3. The van der Waals surface area contributed by atoms with Crippen LogP contribution in [0.3, 0.4) is 0 Å². The highest BCUT2D eigenvalue weighted by Gasteiger charge is 2.18. The van der Waals surface area contributed by atoms with Crippen LogP contribution in [0.5, 0.6) is 0 Å². The van der Waals surface area contributed by atoms with E-state index in [1.54, 1.807) is 3.96 Å². The van der Waals surface area contributed by atoms with Crippen molar-refractivity contribution < 1.29 is 9.90 Å². The van der Waals surface area contributed by atoms with E-state index in [9.17, 15) is 9.59 Å². The molecule has 0 bridgehead atoms. The molecule has 0 radical (unpaired) electrons. The summed E-state index contributed by atoms with van der Waals surface area (Å²) < 4.78 is 2.86. The Bertz CT molecular complexity index is 1350. The molecule has 0 atom stereocenters. The van der Waals surface area contributed by atoms with Gasteiger partial charge in [-0.25, -0.2) is 8.75 Å². The minimum absolute atomic E-state index is 0.0129. The first-order valence-corrected chi connectivity index (χ1v) is 14.9. The van der Waals surface area contributed by atoms with Gasteiger partial charge in [-0.15, -0.1) is 0 Å². The van der Waals surface area contributed by atoms with Gasteiger partial charge in [0.2, 0.25) is 4.80 Å². The fourth-order valence-electron chi connectivity index (χ4n) is 5.17. The molecular formula is C29H41N5O3S. The van der Waals surface area contributed by atoms with E-state index in [2.05, 4.69) is 34.6 Å². The number of aryl methyl sites for hydroxylation is 1. The minimum Gasteiger partial charge on any atom is -0.480 e. The summed E-state index contributed by atoms with van der Waals surface area (Å²) >= 11 is 1.25. The van der Waals surface area contributed by atoms with Crippen LogP contribution in [0.2, 0.25) is 0 Å². The van der Waals surface area contributed by atoms with Gasteiger partial charge in [0.1, 0.15) is 6.54 Å². The van der Waals surface area contributed by atoms with Gasteiger partial charge < -0.3 is 10.4 Å². The molecule has 206 valence electrons. The van der Waals surface area contributed by atoms with Gasteiger partial charge in [0.05, 0.1) is 5.52 Å². The molecule has 2 aromatic heterocycles. The number of pyridine rings is 1. The molecule has 8 nitrogen and oxygen atoms in total. The van der Waals surface area contributed by atoms with Crippen LogP contribution in [-0.4, -0.2) is 37.7 Å². The second-order valence-corrected chi connectivity index (χ2v) is 11.4. The summed E-state index contributed by atoms with van der Waals surface area (Å²) in [5, 5.41) is 14.2. The normalized spacial score (nSPS) is 13.8. The maximum absolute atomic E-state index is 12.5. The highest BCUT2D eigenvalue weighted by atomic mass is 32.1. The van der Waals surface area contributed by atoms with Gasteiger partial charge in [0.25, 0.3) is 0 Å². The summed E-state index contributed by atoms with van der Waals surface area (Å²) in [5.74, 6) is -1.03. The van der Waals surface area contributed by atoms with Gasteiger partial charge in [0, 0.05) is 35.9 Å². The SMILES string of the molecule is CC(C)n1sc(=NCCCCCCCCCNc2c3c(nc4ccccc24)CCCC3)n(CC(=O)O)c1=O. The number of aliphatic carboxylic acids is 1. The van der Waals surface area contributed by atoms with Crippen LogP contribution in [0.1, 0.15) is 88.9 Å². The Morgan fingerprint density at radius 1 is 1.08 bits per heavy atom. The molecule has 4 rings (SSSR count). The Hall–Kier alpha value is -2.94. The zero-order valence-corrected chi connectivity index (χ0v) is 23.6. The van der Waals surface area contributed by atoms with Crippen molar-refractivity contribution in [2.75, 3.05) is 18.4 Å². The van der Waals surface area contributed by atoms with E-state index in [0.717, 1.165) is 44.2 Å². The zero-order chi connectivity index (χ0) is 26.9. The Morgan fingerprint density at radius 3 is 2.55 bits per heavy atom. The number of hydrogen-bond donors (Lipinski definition) is 2. The van der Waals surface area contributed by atoms with E-state index in [-0.39, 0.29) is 18.3 Å². The van der Waals surface area contributed by atoms with Gasteiger partial charge in [-0.2, -0.15) is 0 Å². The lowest BCUT2D eigenvalue weighted by molar-refractivity contribution is -0.137. The standard InChI is InChI=1S/C29H41N5O3S/c1-21(2)34-29(37)33(20-26(35)36)28(38-34)31-19-13-7-5-3-4-6-12-18-30-27-22-14-8-10-16-24(22)32-25-17-11-9-15-23(25)27/h8,10,14,16,21H,3-7,9,11-13,15,17-20H2,1-2H3,(H,30,32)(H,35,36). The monoisotopic (exact) mass is 539 g/mol. The Balaban J connectivity index is 1.16. The van der Waals surface area contributed by atoms with Gasteiger partial charge >= 0.3 is 11.7 Å². The average Bonchev–Trinajstić information content (AvgIpc) is 3.21. The van der Waals surface area contributed by atoms with Gasteiger partial charge in [-0.1, -0.05) is 50.3 Å². The third-order valence-electron chi connectivity index (χ3n) is 7.15. The maximum Gasteiger partial charge on any atom is 0.340 e. The number of carboxylic acids is 1. The van der Waals surface area contributed by atoms with Crippen molar-refractivity contribution in [3.05, 3.63) is 50.8 Å². The topological polar surface area (TPSA) is 102 Å². The van der Waals surface area contributed by atoms with Crippen LogP contribution in [0, 0.1) is 0 Å². The lowest BCUT2D eigenvalue weighted by atomic mass is 9.92. The van der Waals surface area contributed by atoms with E-state index in [1.165, 1.54) is 77.0 Å². The van der Waals surface area contributed by atoms with E-state index >= 15 is 0 Å². The number of para-hydroxylation sites is 1. The van der Waals surface area contributed by atoms with Crippen LogP contribution >= 0.6 is 11.5 Å². The molecular weight excluding hydrogens is 498 g/mol. The fraction of sp³-hybridized carbons (Fsp3) is 0.586. The molecule has 1 aliphatic rings. The van der Waals surface area contributed by atoms with Crippen molar-refractivity contribution in [1.82, 2.24) is 13.5 Å². The molecule has 0 fully saturated rings. The summed E-state index contributed by atoms with van der Waals surface area (Å²) in [6, 6.07) is 8.48. The first-order chi connectivity index (χ1) is 18.5. The van der Waals surface area contributed by atoms with Crippen molar-refractivity contribution in [2.24, 2.45) is 4.99 Å². The Labute approximate surface area is 228 Å². The average molecular weight is 540 g/mol.